The molecule has 0 aliphatic rings. The highest BCUT2D eigenvalue weighted by molar-refractivity contribution is 6.30. The molecule has 1 N–H and O–H groups in total. The lowest BCUT2D eigenvalue weighted by Crippen LogP contribution is -2.50. The standard InChI is InChI=1S/C24H31ClN2O3/c1-16(2)21-8-6-7-9-22(21)30-15-23(28)27(18(5)24(29)26-17(3)4)14-19-10-12-20(25)13-11-19/h6-13,16-18H,14-15H2,1-5H3,(H,26,29)/t18-/m1/s1. The first kappa shape index (κ1) is 23.7. The lowest BCUT2D eigenvalue weighted by atomic mass is 10.0. The maximum absolute atomic E-state index is 13.1. The average molecular weight is 431 g/mol. The summed E-state index contributed by atoms with van der Waals surface area (Å²) in [7, 11) is 0. The van der Waals surface area contributed by atoms with Crippen LogP contribution in [-0.4, -0.2) is 35.4 Å². The van der Waals surface area contributed by atoms with E-state index in [1.807, 2.05) is 50.2 Å². The van der Waals surface area contributed by atoms with Crippen molar-refractivity contribution in [2.75, 3.05) is 6.61 Å². The molecule has 0 heterocycles. The van der Waals surface area contributed by atoms with Gasteiger partial charge in [-0.05, 0) is 56.0 Å². The zero-order valence-corrected chi connectivity index (χ0v) is 19.1. The molecule has 0 bridgehead atoms. The molecule has 2 amide bonds. The number of hydrogen-bond acceptors (Lipinski definition) is 3. The van der Waals surface area contributed by atoms with Crippen LogP contribution in [0.4, 0.5) is 0 Å². The number of nitrogens with one attached hydrogen (secondary N) is 1. The first-order valence-corrected chi connectivity index (χ1v) is 10.6. The number of amides is 2. The highest BCUT2D eigenvalue weighted by atomic mass is 35.5. The molecule has 0 fully saturated rings. The summed E-state index contributed by atoms with van der Waals surface area (Å²) in [6.07, 6.45) is 0. The van der Waals surface area contributed by atoms with E-state index in [4.69, 9.17) is 16.3 Å². The SMILES string of the molecule is CC(C)NC(=O)[C@@H](C)N(Cc1ccc(Cl)cc1)C(=O)COc1ccccc1C(C)C. The maximum atomic E-state index is 13.1. The van der Waals surface area contributed by atoms with Gasteiger partial charge in [-0.3, -0.25) is 9.59 Å². The Hall–Kier alpha value is -2.53. The van der Waals surface area contributed by atoms with Crippen molar-refractivity contribution < 1.29 is 14.3 Å². The summed E-state index contributed by atoms with van der Waals surface area (Å²) < 4.78 is 5.87. The minimum Gasteiger partial charge on any atom is -0.483 e. The van der Waals surface area contributed by atoms with E-state index in [1.165, 1.54) is 0 Å². The molecule has 30 heavy (non-hydrogen) atoms. The minimum absolute atomic E-state index is 0.0124. The van der Waals surface area contributed by atoms with Gasteiger partial charge >= 0.3 is 0 Å². The molecule has 0 saturated carbocycles. The first-order chi connectivity index (χ1) is 14.2. The normalized spacial score (nSPS) is 12.0. The van der Waals surface area contributed by atoms with Gasteiger partial charge in [0.15, 0.2) is 6.61 Å². The third-order valence-electron chi connectivity index (χ3n) is 4.76. The summed E-state index contributed by atoms with van der Waals surface area (Å²) in [6.45, 7) is 9.82. The van der Waals surface area contributed by atoms with Crippen molar-refractivity contribution in [3.63, 3.8) is 0 Å². The quantitative estimate of drug-likeness (QED) is 0.622. The predicted molar refractivity (Wildman–Crippen MR) is 121 cm³/mol. The van der Waals surface area contributed by atoms with Crippen molar-refractivity contribution in [2.45, 2.75) is 59.2 Å². The van der Waals surface area contributed by atoms with Crippen molar-refractivity contribution in [1.29, 1.82) is 0 Å². The minimum atomic E-state index is -0.639. The van der Waals surface area contributed by atoms with Crippen molar-refractivity contribution in [1.82, 2.24) is 10.2 Å². The van der Waals surface area contributed by atoms with Crippen LogP contribution in [0.1, 0.15) is 51.7 Å². The summed E-state index contributed by atoms with van der Waals surface area (Å²) >= 11 is 5.97. The van der Waals surface area contributed by atoms with Gasteiger partial charge in [0.25, 0.3) is 5.91 Å². The van der Waals surface area contributed by atoms with Gasteiger partial charge in [0.1, 0.15) is 11.8 Å². The molecule has 0 aromatic heterocycles. The summed E-state index contributed by atoms with van der Waals surface area (Å²) in [6, 6.07) is 14.3. The Morgan fingerprint density at radius 2 is 1.63 bits per heavy atom. The van der Waals surface area contributed by atoms with E-state index in [9.17, 15) is 9.59 Å². The van der Waals surface area contributed by atoms with Crippen LogP contribution in [-0.2, 0) is 16.1 Å². The van der Waals surface area contributed by atoms with Crippen molar-refractivity contribution in [3.8, 4) is 5.75 Å². The number of hydrogen-bond donors (Lipinski definition) is 1. The number of nitrogens with zero attached hydrogens (tertiary/aromatic N) is 1. The number of carbonyl (C=O) groups is 2. The van der Waals surface area contributed by atoms with Gasteiger partial charge in [-0.25, -0.2) is 0 Å². The molecule has 0 aliphatic heterocycles. The molecule has 0 aliphatic carbocycles. The smallest absolute Gasteiger partial charge is 0.261 e. The van der Waals surface area contributed by atoms with Crippen LogP contribution in [0.15, 0.2) is 48.5 Å². The van der Waals surface area contributed by atoms with E-state index in [2.05, 4.69) is 19.2 Å². The van der Waals surface area contributed by atoms with Gasteiger partial charge < -0.3 is 15.0 Å². The molecule has 2 rings (SSSR count). The van der Waals surface area contributed by atoms with Crippen molar-refractivity contribution in [2.24, 2.45) is 0 Å². The van der Waals surface area contributed by atoms with Crippen molar-refractivity contribution in [3.05, 3.63) is 64.7 Å². The number of ether oxygens (including phenoxy) is 1. The molecule has 162 valence electrons. The summed E-state index contributed by atoms with van der Waals surface area (Å²) in [5.74, 6) is 0.508. The van der Waals surface area contributed by atoms with Gasteiger partial charge in [-0.1, -0.05) is 55.8 Å². The van der Waals surface area contributed by atoms with E-state index < -0.39 is 6.04 Å². The number of benzene rings is 2. The van der Waals surface area contributed by atoms with Crippen LogP contribution >= 0.6 is 11.6 Å². The highest BCUT2D eigenvalue weighted by Gasteiger charge is 2.27. The third-order valence-corrected chi connectivity index (χ3v) is 5.01. The Morgan fingerprint density at radius 3 is 2.23 bits per heavy atom. The van der Waals surface area contributed by atoms with E-state index in [0.29, 0.717) is 10.8 Å². The topological polar surface area (TPSA) is 58.6 Å². The molecule has 5 nitrogen and oxygen atoms in total. The molecule has 0 unspecified atom stereocenters. The Labute approximate surface area is 184 Å². The zero-order chi connectivity index (χ0) is 22.3. The molecular formula is C24H31ClN2O3. The fourth-order valence-corrected chi connectivity index (χ4v) is 3.21. The summed E-state index contributed by atoms with van der Waals surface area (Å²) in [4.78, 5) is 27.2. The van der Waals surface area contributed by atoms with E-state index in [0.717, 1.165) is 11.1 Å². The molecule has 0 saturated heterocycles. The van der Waals surface area contributed by atoms with Gasteiger partial charge in [0.2, 0.25) is 5.91 Å². The molecule has 1 atom stereocenters. The van der Waals surface area contributed by atoms with Gasteiger partial charge in [0.05, 0.1) is 0 Å². The lowest BCUT2D eigenvalue weighted by molar-refractivity contribution is -0.142. The summed E-state index contributed by atoms with van der Waals surface area (Å²) in [5, 5.41) is 3.50. The van der Waals surface area contributed by atoms with Crippen LogP contribution in [0, 0.1) is 0 Å². The second kappa shape index (κ2) is 11.0. The number of para-hydroxylation sites is 1. The Bertz CT molecular complexity index is 850. The molecular weight excluding hydrogens is 400 g/mol. The number of carbonyl (C=O) groups excluding carboxylic acids is 2. The number of halogens is 1. The van der Waals surface area contributed by atoms with E-state index >= 15 is 0 Å². The molecule has 2 aromatic carbocycles. The van der Waals surface area contributed by atoms with Crippen LogP contribution < -0.4 is 10.1 Å². The van der Waals surface area contributed by atoms with Crippen molar-refractivity contribution >= 4 is 23.4 Å². The highest BCUT2D eigenvalue weighted by Crippen LogP contribution is 2.26. The fraction of sp³-hybridized carbons (Fsp3) is 0.417. The van der Waals surface area contributed by atoms with Crippen LogP contribution in [0.3, 0.4) is 0 Å². The van der Waals surface area contributed by atoms with Crippen LogP contribution in [0.5, 0.6) is 5.75 Å². The Balaban J connectivity index is 2.19. The monoisotopic (exact) mass is 430 g/mol. The Morgan fingerprint density at radius 1 is 1.00 bits per heavy atom. The van der Waals surface area contributed by atoms with Gasteiger partial charge in [-0.2, -0.15) is 0 Å². The fourth-order valence-electron chi connectivity index (χ4n) is 3.09. The number of rotatable bonds is 9. The lowest BCUT2D eigenvalue weighted by Gasteiger charge is -2.29. The molecule has 2 aromatic rings. The summed E-state index contributed by atoms with van der Waals surface area (Å²) in [5.41, 5.74) is 1.93. The van der Waals surface area contributed by atoms with Gasteiger partial charge in [0, 0.05) is 17.6 Å². The first-order valence-electron chi connectivity index (χ1n) is 10.2. The second-order valence-electron chi connectivity index (χ2n) is 7.97. The molecule has 0 spiro atoms. The molecule has 6 heteroatoms. The zero-order valence-electron chi connectivity index (χ0n) is 18.3. The Kier molecular flexibility index (Phi) is 8.72. The molecule has 0 radical (unpaired) electrons. The van der Waals surface area contributed by atoms with Crippen LogP contribution in [0.25, 0.3) is 0 Å². The van der Waals surface area contributed by atoms with Crippen LogP contribution in [0.2, 0.25) is 5.02 Å². The van der Waals surface area contributed by atoms with Gasteiger partial charge in [-0.15, -0.1) is 0 Å². The second-order valence-corrected chi connectivity index (χ2v) is 8.41. The predicted octanol–water partition coefficient (Wildman–Crippen LogP) is 4.78. The van der Waals surface area contributed by atoms with E-state index in [1.54, 1.807) is 24.0 Å². The van der Waals surface area contributed by atoms with E-state index in [-0.39, 0.29) is 36.9 Å². The maximum Gasteiger partial charge on any atom is 0.261 e. The average Bonchev–Trinajstić information content (AvgIpc) is 2.70. The largest absolute Gasteiger partial charge is 0.483 e. The third kappa shape index (κ3) is 6.77.